The molecule has 1 saturated heterocycles. The second kappa shape index (κ2) is 10.6. The Labute approximate surface area is 172 Å². The molecule has 0 unspecified atom stereocenters. The number of benzene rings is 2. The summed E-state index contributed by atoms with van der Waals surface area (Å²) >= 11 is 0. The summed E-state index contributed by atoms with van der Waals surface area (Å²) in [4.78, 5) is 16.3. The molecule has 2 aromatic carbocycles. The number of ether oxygens (including phenoxy) is 2. The quantitative estimate of drug-likeness (QED) is 0.669. The van der Waals surface area contributed by atoms with Crippen LogP contribution in [-0.4, -0.2) is 64.4 Å². The number of amides is 2. The Kier molecular flexibility index (Phi) is 7.58. The number of nitrogens with one attached hydrogen (secondary N) is 2. The van der Waals surface area contributed by atoms with Crippen LogP contribution in [0.25, 0.3) is 0 Å². The van der Waals surface area contributed by atoms with Crippen LogP contribution in [-0.2, 0) is 0 Å². The molecule has 29 heavy (non-hydrogen) atoms. The van der Waals surface area contributed by atoms with Crippen LogP contribution >= 0.6 is 0 Å². The molecule has 2 N–H and O–H groups in total. The van der Waals surface area contributed by atoms with E-state index >= 15 is 0 Å². The zero-order valence-electron chi connectivity index (χ0n) is 17.2. The van der Waals surface area contributed by atoms with Gasteiger partial charge in [-0.05, 0) is 30.7 Å². The Morgan fingerprint density at radius 1 is 1.03 bits per heavy atom. The molecule has 1 heterocycles. The number of hydrogen-bond donors (Lipinski definition) is 2. The van der Waals surface area contributed by atoms with Crippen LogP contribution in [0.15, 0.2) is 48.5 Å². The number of nitrogens with zero attached hydrogens (tertiary/aromatic N) is 2. The molecule has 0 spiro atoms. The molecule has 0 aromatic heterocycles. The van der Waals surface area contributed by atoms with Gasteiger partial charge in [0.15, 0.2) is 11.5 Å². The predicted molar refractivity (Wildman–Crippen MR) is 116 cm³/mol. The number of urea groups is 1. The highest BCUT2D eigenvalue weighted by Gasteiger charge is 2.16. The van der Waals surface area contributed by atoms with Crippen LogP contribution in [0.5, 0.6) is 11.5 Å². The second-order valence-corrected chi connectivity index (χ2v) is 6.94. The number of piperazine rings is 1. The van der Waals surface area contributed by atoms with Crippen molar-refractivity contribution in [3.63, 3.8) is 0 Å². The Hall–Kier alpha value is -2.93. The minimum Gasteiger partial charge on any atom is -0.493 e. The zero-order chi connectivity index (χ0) is 20.5. The van der Waals surface area contributed by atoms with E-state index in [0.717, 1.165) is 39.1 Å². The fourth-order valence-electron chi connectivity index (χ4n) is 3.40. The SMILES string of the molecule is CNC(=O)Nc1ccc(OCCCN2CCN(c3ccccc3)CC2)c(OC)c1. The Balaban J connectivity index is 1.40. The van der Waals surface area contributed by atoms with Crippen molar-refractivity contribution in [1.29, 1.82) is 0 Å². The van der Waals surface area contributed by atoms with E-state index in [1.807, 2.05) is 6.07 Å². The van der Waals surface area contributed by atoms with Gasteiger partial charge in [-0.1, -0.05) is 18.2 Å². The summed E-state index contributed by atoms with van der Waals surface area (Å²) in [7, 11) is 3.17. The lowest BCUT2D eigenvalue weighted by Crippen LogP contribution is -2.46. The summed E-state index contributed by atoms with van der Waals surface area (Å²) in [6, 6.07) is 15.7. The maximum Gasteiger partial charge on any atom is 0.318 e. The molecule has 7 nitrogen and oxygen atoms in total. The number of hydrogen-bond acceptors (Lipinski definition) is 5. The van der Waals surface area contributed by atoms with Crippen molar-refractivity contribution in [3.05, 3.63) is 48.5 Å². The molecule has 7 heteroatoms. The molecule has 156 valence electrons. The minimum atomic E-state index is -0.270. The highest BCUT2D eigenvalue weighted by atomic mass is 16.5. The van der Waals surface area contributed by atoms with Crippen LogP contribution < -0.4 is 25.0 Å². The third-order valence-corrected chi connectivity index (χ3v) is 5.02. The van der Waals surface area contributed by atoms with E-state index in [1.54, 1.807) is 26.3 Å². The third kappa shape index (κ3) is 6.02. The third-order valence-electron chi connectivity index (χ3n) is 5.02. The molecule has 1 aliphatic heterocycles. The van der Waals surface area contributed by atoms with Crippen molar-refractivity contribution in [1.82, 2.24) is 10.2 Å². The maximum absolute atomic E-state index is 11.4. The first-order valence-electron chi connectivity index (χ1n) is 10.0. The number of anilines is 2. The molecule has 1 fully saturated rings. The summed E-state index contributed by atoms with van der Waals surface area (Å²) < 4.78 is 11.3. The monoisotopic (exact) mass is 398 g/mol. The fourth-order valence-corrected chi connectivity index (χ4v) is 3.40. The smallest absolute Gasteiger partial charge is 0.318 e. The lowest BCUT2D eigenvalue weighted by Gasteiger charge is -2.36. The topological polar surface area (TPSA) is 66.1 Å². The van der Waals surface area contributed by atoms with Crippen LogP contribution in [0.2, 0.25) is 0 Å². The summed E-state index contributed by atoms with van der Waals surface area (Å²) in [6.07, 6.45) is 0.951. The van der Waals surface area contributed by atoms with E-state index < -0.39 is 0 Å². The first kappa shape index (κ1) is 20.8. The first-order chi connectivity index (χ1) is 14.2. The summed E-state index contributed by atoms with van der Waals surface area (Å²) in [5.74, 6) is 1.29. The van der Waals surface area contributed by atoms with Gasteiger partial charge in [0.25, 0.3) is 0 Å². The highest BCUT2D eigenvalue weighted by molar-refractivity contribution is 5.89. The Bertz CT molecular complexity index is 777. The van der Waals surface area contributed by atoms with E-state index in [1.165, 1.54) is 5.69 Å². The van der Waals surface area contributed by atoms with Gasteiger partial charge in [-0.15, -0.1) is 0 Å². The van der Waals surface area contributed by atoms with Gasteiger partial charge in [0.1, 0.15) is 0 Å². The van der Waals surface area contributed by atoms with Crippen molar-refractivity contribution in [2.24, 2.45) is 0 Å². The molecule has 0 radical (unpaired) electrons. The van der Waals surface area contributed by atoms with Crippen LogP contribution in [0.1, 0.15) is 6.42 Å². The molecule has 2 amide bonds. The van der Waals surface area contributed by atoms with Crippen LogP contribution in [0.3, 0.4) is 0 Å². The van der Waals surface area contributed by atoms with Gasteiger partial charge < -0.3 is 25.0 Å². The average molecular weight is 399 g/mol. The number of carbonyl (C=O) groups excluding carboxylic acids is 1. The number of para-hydroxylation sites is 1. The molecule has 0 atom stereocenters. The number of methoxy groups -OCH3 is 1. The van der Waals surface area contributed by atoms with E-state index in [2.05, 4.69) is 50.8 Å². The average Bonchev–Trinajstić information content (AvgIpc) is 2.78. The van der Waals surface area contributed by atoms with Crippen molar-refractivity contribution in [2.45, 2.75) is 6.42 Å². The van der Waals surface area contributed by atoms with Gasteiger partial charge in [-0.25, -0.2) is 4.79 Å². The lowest BCUT2D eigenvalue weighted by atomic mass is 10.2. The highest BCUT2D eigenvalue weighted by Crippen LogP contribution is 2.30. The molecule has 0 bridgehead atoms. The van der Waals surface area contributed by atoms with Crippen molar-refractivity contribution < 1.29 is 14.3 Å². The Morgan fingerprint density at radius 2 is 1.79 bits per heavy atom. The van der Waals surface area contributed by atoms with Crippen molar-refractivity contribution in [2.75, 3.05) is 63.7 Å². The molecule has 1 aliphatic rings. The van der Waals surface area contributed by atoms with Gasteiger partial charge in [0.2, 0.25) is 0 Å². The molecule has 0 aliphatic carbocycles. The standard InChI is InChI=1S/C22H30N4O3/c1-23-22(27)24-18-9-10-20(21(17-18)28-2)29-16-6-11-25-12-14-26(15-13-25)19-7-4-3-5-8-19/h3-5,7-10,17H,6,11-16H2,1-2H3,(H2,23,24,27). The molecular formula is C22H30N4O3. The van der Waals surface area contributed by atoms with E-state index in [4.69, 9.17) is 9.47 Å². The predicted octanol–water partition coefficient (Wildman–Crippen LogP) is 3.04. The molecule has 0 saturated carbocycles. The lowest BCUT2D eigenvalue weighted by molar-refractivity contribution is 0.221. The second-order valence-electron chi connectivity index (χ2n) is 6.94. The molecular weight excluding hydrogens is 368 g/mol. The normalized spacial score (nSPS) is 14.3. The first-order valence-corrected chi connectivity index (χ1v) is 10.0. The maximum atomic E-state index is 11.4. The van der Waals surface area contributed by atoms with Crippen molar-refractivity contribution >= 4 is 17.4 Å². The molecule has 3 rings (SSSR count). The van der Waals surface area contributed by atoms with E-state index in [-0.39, 0.29) is 6.03 Å². The summed E-state index contributed by atoms with van der Waals surface area (Å²) in [6.45, 7) is 5.88. The van der Waals surface area contributed by atoms with Crippen LogP contribution in [0, 0.1) is 0 Å². The fraction of sp³-hybridized carbons (Fsp3) is 0.409. The summed E-state index contributed by atoms with van der Waals surface area (Å²) in [5.41, 5.74) is 1.96. The van der Waals surface area contributed by atoms with Gasteiger partial charge in [-0.3, -0.25) is 4.90 Å². The van der Waals surface area contributed by atoms with Gasteiger partial charge in [0, 0.05) is 57.2 Å². The van der Waals surface area contributed by atoms with Gasteiger partial charge in [0.05, 0.1) is 13.7 Å². The van der Waals surface area contributed by atoms with Crippen LogP contribution in [0.4, 0.5) is 16.2 Å². The number of carbonyl (C=O) groups is 1. The zero-order valence-corrected chi connectivity index (χ0v) is 17.2. The molecule has 2 aromatic rings. The number of rotatable bonds is 8. The van der Waals surface area contributed by atoms with Gasteiger partial charge in [-0.2, -0.15) is 0 Å². The summed E-state index contributed by atoms with van der Waals surface area (Å²) in [5, 5.41) is 5.24. The van der Waals surface area contributed by atoms with E-state index in [0.29, 0.717) is 23.8 Å². The van der Waals surface area contributed by atoms with E-state index in [9.17, 15) is 4.79 Å². The van der Waals surface area contributed by atoms with Gasteiger partial charge >= 0.3 is 6.03 Å². The Morgan fingerprint density at radius 3 is 2.48 bits per heavy atom. The minimum absolute atomic E-state index is 0.270. The largest absolute Gasteiger partial charge is 0.493 e. The van der Waals surface area contributed by atoms with Crippen molar-refractivity contribution in [3.8, 4) is 11.5 Å².